The molecule has 0 aliphatic rings. The lowest BCUT2D eigenvalue weighted by Crippen LogP contribution is -2.15. The zero-order chi connectivity index (χ0) is 22.4. The van der Waals surface area contributed by atoms with Crippen LogP contribution in [0.3, 0.4) is 0 Å². The maximum Gasteiger partial charge on any atom is 0.339 e. The minimum Gasteiger partial charge on any atom is -0.456 e. The average molecular weight is 457 g/mol. The van der Waals surface area contributed by atoms with Gasteiger partial charge in [-0.1, -0.05) is 31.2 Å². The zero-order valence-electron chi connectivity index (χ0n) is 17.6. The van der Waals surface area contributed by atoms with Gasteiger partial charge in [0.15, 0.2) is 0 Å². The highest BCUT2D eigenvalue weighted by molar-refractivity contribution is 7.85. The molecule has 0 aliphatic carbocycles. The summed E-state index contributed by atoms with van der Waals surface area (Å²) in [5.74, 6) is -0.272. The van der Waals surface area contributed by atoms with Gasteiger partial charge >= 0.3 is 5.97 Å². The number of nitrogens with one attached hydrogen (secondary N) is 1. The van der Waals surface area contributed by atoms with Gasteiger partial charge < -0.3 is 10.1 Å². The summed E-state index contributed by atoms with van der Waals surface area (Å²) < 4.78 is 17.5. The van der Waals surface area contributed by atoms with Crippen molar-refractivity contribution in [1.29, 1.82) is 0 Å². The number of esters is 1. The Morgan fingerprint density at radius 3 is 2.71 bits per heavy atom. The van der Waals surface area contributed by atoms with Gasteiger partial charge in [-0.3, -0.25) is 9.00 Å². The van der Waals surface area contributed by atoms with Crippen molar-refractivity contribution in [2.75, 3.05) is 11.1 Å². The third-order valence-corrected chi connectivity index (χ3v) is 6.81. The molecule has 1 atom stereocenters. The van der Waals surface area contributed by atoms with Crippen LogP contribution in [-0.2, 0) is 33.4 Å². The number of aromatic nitrogens is 1. The second kappa shape index (κ2) is 10.5. The summed E-state index contributed by atoms with van der Waals surface area (Å²) >= 11 is 1.34. The quantitative estimate of drug-likeness (QED) is 0.507. The van der Waals surface area contributed by atoms with Crippen LogP contribution in [0, 0.1) is 13.8 Å². The van der Waals surface area contributed by atoms with Gasteiger partial charge in [-0.25, -0.2) is 9.78 Å². The third kappa shape index (κ3) is 6.08. The van der Waals surface area contributed by atoms with Crippen LogP contribution in [0.2, 0.25) is 0 Å². The predicted molar refractivity (Wildman–Crippen MR) is 123 cm³/mol. The number of benzene rings is 2. The number of carbonyl (C=O) groups is 2. The number of rotatable bonds is 8. The summed E-state index contributed by atoms with van der Waals surface area (Å²) in [4.78, 5) is 29.7. The van der Waals surface area contributed by atoms with Crippen molar-refractivity contribution in [1.82, 2.24) is 4.98 Å². The molecule has 1 amide bonds. The van der Waals surface area contributed by atoms with Crippen molar-refractivity contribution in [2.24, 2.45) is 0 Å². The molecule has 1 aromatic heterocycles. The molecule has 3 aromatic rings. The number of thiazole rings is 1. The molecular weight excluding hydrogens is 432 g/mol. The minimum atomic E-state index is -1.25. The monoisotopic (exact) mass is 456 g/mol. The summed E-state index contributed by atoms with van der Waals surface area (Å²) in [6.45, 7) is 5.70. The molecule has 0 aliphatic heterocycles. The van der Waals surface area contributed by atoms with E-state index in [4.69, 9.17) is 4.74 Å². The average Bonchev–Trinajstić information content (AvgIpc) is 3.21. The van der Waals surface area contributed by atoms with Gasteiger partial charge in [0.25, 0.3) is 0 Å². The van der Waals surface area contributed by atoms with Gasteiger partial charge in [-0.2, -0.15) is 0 Å². The van der Waals surface area contributed by atoms with Crippen molar-refractivity contribution in [2.45, 2.75) is 38.7 Å². The predicted octanol–water partition coefficient (Wildman–Crippen LogP) is 4.43. The number of aryl methyl sites for hydroxylation is 2. The Bertz CT molecular complexity index is 1120. The molecule has 3 rings (SSSR count). The van der Waals surface area contributed by atoms with E-state index in [9.17, 15) is 13.8 Å². The Morgan fingerprint density at radius 1 is 1.16 bits per heavy atom. The fourth-order valence-corrected chi connectivity index (χ4v) is 4.62. The molecule has 162 valence electrons. The van der Waals surface area contributed by atoms with E-state index >= 15 is 0 Å². The number of hydrogen-bond acceptors (Lipinski definition) is 6. The molecule has 1 heterocycles. The molecule has 6 nitrogen and oxygen atoms in total. The summed E-state index contributed by atoms with van der Waals surface area (Å²) in [5, 5.41) is 5.32. The van der Waals surface area contributed by atoms with Crippen LogP contribution in [0.15, 0.2) is 52.7 Å². The van der Waals surface area contributed by atoms with Gasteiger partial charge in [-0.05, 0) is 43.2 Å². The maximum absolute atomic E-state index is 12.5. The van der Waals surface area contributed by atoms with Crippen LogP contribution in [0.5, 0.6) is 0 Å². The highest BCUT2D eigenvalue weighted by Gasteiger charge is 2.17. The van der Waals surface area contributed by atoms with E-state index < -0.39 is 16.8 Å². The molecular formula is C23H24N2O4S2. The topological polar surface area (TPSA) is 85.4 Å². The van der Waals surface area contributed by atoms with Crippen molar-refractivity contribution in [3.63, 3.8) is 0 Å². The second-order valence-corrected chi connectivity index (χ2v) is 9.63. The summed E-state index contributed by atoms with van der Waals surface area (Å²) in [5.41, 5.74) is 3.73. The minimum absolute atomic E-state index is 0.0129. The molecule has 0 saturated heterocycles. The Morgan fingerprint density at radius 2 is 1.94 bits per heavy atom. The third-order valence-electron chi connectivity index (χ3n) is 4.54. The SMILES string of the molecule is CCS(=O)c1ccccc1C(=O)OCc1csc(CC(=O)Nc2cc(C)ccc2C)n1. The lowest BCUT2D eigenvalue weighted by molar-refractivity contribution is -0.115. The van der Waals surface area contributed by atoms with Crippen molar-refractivity contribution >= 4 is 39.7 Å². The highest BCUT2D eigenvalue weighted by atomic mass is 32.2. The van der Waals surface area contributed by atoms with E-state index in [1.54, 1.807) is 36.6 Å². The van der Waals surface area contributed by atoms with Gasteiger partial charge in [0.2, 0.25) is 5.91 Å². The largest absolute Gasteiger partial charge is 0.456 e. The Balaban J connectivity index is 1.58. The maximum atomic E-state index is 12.5. The normalized spacial score (nSPS) is 11.7. The summed E-state index contributed by atoms with van der Waals surface area (Å²) in [7, 11) is -1.25. The van der Waals surface area contributed by atoms with Gasteiger partial charge in [-0.15, -0.1) is 11.3 Å². The number of ether oxygens (including phenoxy) is 1. The Labute approximate surface area is 188 Å². The number of anilines is 1. The standard InChI is InChI=1S/C23H24N2O4S2/c1-4-31(28)20-8-6-5-7-18(20)23(27)29-13-17-14-30-22(24-17)12-21(26)25-19-11-15(2)9-10-16(19)3/h5-11,14H,4,12-13H2,1-3H3,(H,25,26). The zero-order valence-corrected chi connectivity index (χ0v) is 19.3. The first kappa shape index (κ1) is 22.8. The molecule has 0 radical (unpaired) electrons. The lowest BCUT2D eigenvalue weighted by atomic mass is 10.1. The van der Waals surface area contributed by atoms with Crippen LogP contribution < -0.4 is 5.32 Å². The lowest BCUT2D eigenvalue weighted by Gasteiger charge is -2.08. The van der Waals surface area contributed by atoms with E-state index in [1.165, 1.54) is 11.3 Å². The molecule has 0 saturated carbocycles. The number of hydrogen-bond donors (Lipinski definition) is 1. The van der Waals surface area contributed by atoms with Crippen LogP contribution in [0.25, 0.3) is 0 Å². The smallest absolute Gasteiger partial charge is 0.339 e. The van der Waals surface area contributed by atoms with Crippen molar-refractivity contribution in [3.8, 4) is 0 Å². The van der Waals surface area contributed by atoms with Crippen molar-refractivity contribution in [3.05, 3.63) is 75.2 Å². The first-order chi connectivity index (χ1) is 14.9. The first-order valence-electron chi connectivity index (χ1n) is 9.82. The highest BCUT2D eigenvalue weighted by Crippen LogP contribution is 2.19. The van der Waals surface area contributed by atoms with E-state index in [1.807, 2.05) is 32.0 Å². The second-order valence-electron chi connectivity index (χ2n) is 6.98. The molecule has 31 heavy (non-hydrogen) atoms. The van der Waals surface area contributed by atoms with E-state index in [-0.39, 0.29) is 18.9 Å². The number of carbonyl (C=O) groups excluding carboxylic acids is 2. The molecule has 1 N–H and O–H groups in total. The van der Waals surface area contributed by atoms with Crippen molar-refractivity contribution < 1.29 is 18.5 Å². The molecule has 0 fully saturated rings. The molecule has 0 bridgehead atoms. The fraction of sp³-hybridized carbons (Fsp3) is 0.261. The summed E-state index contributed by atoms with van der Waals surface area (Å²) in [6.07, 6.45) is 0.143. The van der Waals surface area contributed by atoms with E-state index in [0.29, 0.717) is 26.9 Å². The van der Waals surface area contributed by atoms with E-state index in [0.717, 1.165) is 16.8 Å². The first-order valence-corrected chi connectivity index (χ1v) is 12.0. The molecule has 2 aromatic carbocycles. The molecule has 0 spiro atoms. The molecule has 1 unspecified atom stereocenters. The van der Waals surface area contributed by atoms with Crippen LogP contribution in [0.1, 0.15) is 39.1 Å². The fourth-order valence-electron chi connectivity index (χ4n) is 2.91. The summed E-state index contributed by atoms with van der Waals surface area (Å²) in [6, 6.07) is 12.6. The van der Waals surface area contributed by atoms with Crippen LogP contribution in [-0.4, -0.2) is 26.8 Å². The van der Waals surface area contributed by atoms with Gasteiger partial charge in [0, 0.05) is 16.8 Å². The van der Waals surface area contributed by atoms with Gasteiger partial charge in [0.1, 0.15) is 11.6 Å². The number of nitrogens with zero attached hydrogens (tertiary/aromatic N) is 1. The Hall–Kier alpha value is -2.84. The number of amides is 1. The molecule has 8 heteroatoms. The van der Waals surface area contributed by atoms with E-state index in [2.05, 4.69) is 10.3 Å². The van der Waals surface area contributed by atoms with Crippen LogP contribution >= 0.6 is 11.3 Å². The van der Waals surface area contributed by atoms with Crippen LogP contribution in [0.4, 0.5) is 5.69 Å². The Kier molecular flexibility index (Phi) is 7.70. The van der Waals surface area contributed by atoms with Gasteiger partial charge in [0.05, 0.1) is 33.4 Å².